The standard InChI is InChI=1S/C17H22ClN3O2/c1-4-13-6-5-7-15(18)14(13)9-21-8-11(2)22-16(10-21)17-20-19-12(3)23-17/h5-7,11,16H,4,8-10H2,1-3H3/t11-,16-/m1/s1. The Bertz CT molecular complexity index is 674. The van der Waals surface area contributed by atoms with E-state index in [2.05, 4.69) is 35.0 Å². The van der Waals surface area contributed by atoms with Gasteiger partial charge in [-0.05, 0) is 30.5 Å². The van der Waals surface area contributed by atoms with Crippen LogP contribution in [0.3, 0.4) is 0 Å². The van der Waals surface area contributed by atoms with Crippen LogP contribution >= 0.6 is 11.6 Å². The van der Waals surface area contributed by atoms with Crippen molar-refractivity contribution >= 4 is 11.6 Å². The third-order valence-electron chi connectivity index (χ3n) is 4.13. The van der Waals surface area contributed by atoms with Gasteiger partial charge >= 0.3 is 0 Å². The van der Waals surface area contributed by atoms with Crippen LogP contribution < -0.4 is 0 Å². The highest BCUT2D eigenvalue weighted by atomic mass is 35.5. The second kappa shape index (κ2) is 6.99. The van der Waals surface area contributed by atoms with E-state index in [1.807, 2.05) is 12.1 Å². The molecule has 2 atom stereocenters. The zero-order chi connectivity index (χ0) is 16.4. The highest BCUT2D eigenvalue weighted by molar-refractivity contribution is 6.31. The first-order chi connectivity index (χ1) is 11.1. The Hall–Kier alpha value is -1.43. The molecular weight excluding hydrogens is 314 g/mol. The number of hydrogen-bond donors (Lipinski definition) is 0. The molecule has 0 spiro atoms. The highest BCUT2D eigenvalue weighted by Crippen LogP contribution is 2.28. The van der Waals surface area contributed by atoms with Gasteiger partial charge in [0.25, 0.3) is 0 Å². The van der Waals surface area contributed by atoms with Crippen molar-refractivity contribution in [3.63, 3.8) is 0 Å². The minimum absolute atomic E-state index is 0.105. The van der Waals surface area contributed by atoms with Crippen LogP contribution in [0.25, 0.3) is 0 Å². The molecule has 5 nitrogen and oxygen atoms in total. The third-order valence-corrected chi connectivity index (χ3v) is 4.49. The molecule has 3 rings (SSSR count). The lowest BCUT2D eigenvalue weighted by molar-refractivity contribution is -0.0918. The van der Waals surface area contributed by atoms with E-state index in [9.17, 15) is 0 Å². The van der Waals surface area contributed by atoms with Crippen molar-refractivity contribution in [2.45, 2.75) is 45.9 Å². The van der Waals surface area contributed by atoms with E-state index in [1.165, 1.54) is 11.1 Å². The van der Waals surface area contributed by atoms with Gasteiger partial charge in [0.15, 0.2) is 0 Å². The molecule has 0 saturated carbocycles. The van der Waals surface area contributed by atoms with E-state index < -0.39 is 0 Å². The molecule has 1 aliphatic heterocycles. The Morgan fingerprint density at radius 1 is 1.30 bits per heavy atom. The summed E-state index contributed by atoms with van der Waals surface area (Å²) in [6, 6.07) is 6.11. The van der Waals surface area contributed by atoms with Crippen molar-refractivity contribution in [2.75, 3.05) is 13.1 Å². The second-order valence-corrected chi connectivity index (χ2v) is 6.43. The molecule has 1 aromatic heterocycles. The van der Waals surface area contributed by atoms with Gasteiger partial charge in [-0.1, -0.05) is 30.7 Å². The lowest BCUT2D eigenvalue weighted by Crippen LogP contribution is -2.42. The Balaban J connectivity index is 1.78. The summed E-state index contributed by atoms with van der Waals surface area (Å²) < 4.78 is 11.5. The molecule has 1 saturated heterocycles. The van der Waals surface area contributed by atoms with Gasteiger partial charge in [-0.25, -0.2) is 0 Å². The van der Waals surface area contributed by atoms with Gasteiger partial charge in [0.1, 0.15) is 6.10 Å². The van der Waals surface area contributed by atoms with Crippen molar-refractivity contribution in [1.29, 1.82) is 0 Å². The van der Waals surface area contributed by atoms with Gasteiger partial charge in [-0.15, -0.1) is 10.2 Å². The summed E-state index contributed by atoms with van der Waals surface area (Å²) in [5.74, 6) is 1.11. The van der Waals surface area contributed by atoms with Crippen LogP contribution in [0.1, 0.15) is 42.9 Å². The topological polar surface area (TPSA) is 51.4 Å². The predicted octanol–water partition coefficient (Wildman–Crippen LogP) is 3.56. The molecular formula is C17H22ClN3O2. The quantitative estimate of drug-likeness (QED) is 0.855. The number of halogens is 1. The molecule has 0 radical (unpaired) electrons. The number of rotatable bonds is 4. The van der Waals surface area contributed by atoms with Gasteiger partial charge in [0, 0.05) is 31.6 Å². The smallest absolute Gasteiger partial charge is 0.246 e. The molecule has 0 unspecified atom stereocenters. The molecule has 124 valence electrons. The molecule has 1 aromatic carbocycles. The molecule has 0 bridgehead atoms. The number of benzene rings is 1. The summed E-state index contributed by atoms with van der Waals surface area (Å²) >= 11 is 6.42. The van der Waals surface area contributed by atoms with Crippen LogP contribution in [0.15, 0.2) is 22.6 Å². The second-order valence-electron chi connectivity index (χ2n) is 6.02. The lowest BCUT2D eigenvalue weighted by Gasteiger charge is -2.35. The Morgan fingerprint density at radius 2 is 2.13 bits per heavy atom. The number of nitrogens with zero attached hydrogens (tertiary/aromatic N) is 3. The van der Waals surface area contributed by atoms with E-state index in [-0.39, 0.29) is 12.2 Å². The van der Waals surface area contributed by atoms with Crippen LogP contribution in [0, 0.1) is 6.92 Å². The van der Waals surface area contributed by atoms with Gasteiger partial charge < -0.3 is 9.15 Å². The fourth-order valence-corrected chi connectivity index (χ4v) is 3.34. The molecule has 6 heteroatoms. The van der Waals surface area contributed by atoms with E-state index in [1.54, 1.807) is 6.92 Å². The SMILES string of the molecule is CCc1cccc(Cl)c1CN1C[C@@H](C)O[C@@H](c2nnc(C)o2)C1. The summed E-state index contributed by atoms with van der Waals surface area (Å²) in [6.07, 6.45) is 0.892. The molecule has 1 aliphatic rings. The first-order valence-electron chi connectivity index (χ1n) is 8.01. The number of hydrogen-bond acceptors (Lipinski definition) is 5. The van der Waals surface area contributed by atoms with Crippen molar-refractivity contribution in [3.05, 3.63) is 46.1 Å². The van der Waals surface area contributed by atoms with Crippen LogP contribution in [-0.2, 0) is 17.7 Å². The van der Waals surface area contributed by atoms with Gasteiger partial charge in [0.05, 0.1) is 6.10 Å². The summed E-state index contributed by atoms with van der Waals surface area (Å²) in [7, 11) is 0. The summed E-state index contributed by atoms with van der Waals surface area (Å²) in [5.41, 5.74) is 2.49. The number of morpholine rings is 1. The van der Waals surface area contributed by atoms with Gasteiger partial charge in [-0.3, -0.25) is 4.90 Å². The third kappa shape index (κ3) is 3.74. The summed E-state index contributed by atoms with van der Waals surface area (Å²) in [4.78, 5) is 2.35. The maximum Gasteiger partial charge on any atom is 0.246 e. The highest BCUT2D eigenvalue weighted by Gasteiger charge is 2.30. The first kappa shape index (κ1) is 16.4. The number of aromatic nitrogens is 2. The molecule has 0 N–H and O–H groups in total. The maximum absolute atomic E-state index is 6.42. The maximum atomic E-state index is 6.42. The molecule has 0 aliphatic carbocycles. The Morgan fingerprint density at radius 3 is 2.83 bits per heavy atom. The Labute approximate surface area is 141 Å². The fourth-order valence-electron chi connectivity index (χ4n) is 3.08. The van der Waals surface area contributed by atoms with E-state index >= 15 is 0 Å². The summed E-state index contributed by atoms with van der Waals surface area (Å²) in [5, 5.41) is 8.83. The zero-order valence-electron chi connectivity index (χ0n) is 13.8. The largest absolute Gasteiger partial charge is 0.423 e. The number of aryl methyl sites for hydroxylation is 2. The molecule has 1 fully saturated rings. The average Bonchev–Trinajstić information content (AvgIpc) is 2.95. The van der Waals surface area contributed by atoms with E-state index in [0.717, 1.165) is 31.1 Å². The lowest BCUT2D eigenvalue weighted by atomic mass is 10.0. The van der Waals surface area contributed by atoms with Gasteiger partial charge in [-0.2, -0.15) is 0 Å². The fraction of sp³-hybridized carbons (Fsp3) is 0.529. The van der Waals surface area contributed by atoms with Crippen LogP contribution in [0.2, 0.25) is 5.02 Å². The van der Waals surface area contributed by atoms with Crippen molar-refractivity contribution in [2.24, 2.45) is 0 Å². The van der Waals surface area contributed by atoms with Crippen molar-refractivity contribution in [1.82, 2.24) is 15.1 Å². The van der Waals surface area contributed by atoms with Crippen LogP contribution in [0.4, 0.5) is 0 Å². The molecule has 2 aromatic rings. The van der Waals surface area contributed by atoms with Crippen molar-refractivity contribution < 1.29 is 9.15 Å². The Kier molecular flexibility index (Phi) is 4.99. The molecule has 2 heterocycles. The van der Waals surface area contributed by atoms with Crippen LogP contribution in [-0.4, -0.2) is 34.3 Å². The minimum Gasteiger partial charge on any atom is -0.423 e. The molecule has 23 heavy (non-hydrogen) atoms. The molecule has 0 amide bonds. The normalized spacial score (nSPS) is 22.4. The number of ether oxygens (including phenoxy) is 1. The average molecular weight is 336 g/mol. The van der Waals surface area contributed by atoms with Gasteiger partial charge in [0.2, 0.25) is 11.8 Å². The first-order valence-corrected chi connectivity index (χ1v) is 8.38. The summed E-state index contributed by atoms with van der Waals surface area (Å²) in [6.45, 7) is 8.40. The zero-order valence-corrected chi connectivity index (χ0v) is 14.5. The predicted molar refractivity (Wildman–Crippen MR) is 88.4 cm³/mol. The minimum atomic E-state index is -0.187. The van der Waals surface area contributed by atoms with Crippen LogP contribution in [0.5, 0.6) is 0 Å². The van der Waals surface area contributed by atoms with E-state index in [4.69, 9.17) is 20.8 Å². The van der Waals surface area contributed by atoms with Crippen molar-refractivity contribution in [3.8, 4) is 0 Å². The van der Waals surface area contributed by atoms with E-state index in [0.29, 0.717) is 11.8 Å². The monoisotopic (exact) mass is 335 g/mol.